The zero-order valence-electron chi connectivity index (χ0n) is 11.4. The van der Waals surface area contributed by atoms with E-state index in [1.165, 1.54) is 13.2 Å². The van der Waals surface area contributed by atoms with Crippen LogP contribution in [-0.4, -0.2) is 29.8 Å². The van der Waals surface area contributed by atoms with E-state index in [9.17, 15) is 10.1 Å². The third-order valence-electron chi connectivity index (χ3n) is 2.97. The minimum Gasteiger partial charge on any atom is -0.490 e. The number of aliphatic hydroxyl groups is 1. The molecule has 0 heterocycles. The second kappa shape index (κ2) is 6.94. The highest BCUT2D eigenvalue weighted by Gasteiger charge is 2.17. The molecule has 1 aromatic rings. The number of nitro benzene ring substituents is 1. The maximum atomic E-state index is 10.8. The molecule has 1 atom stereocenters. The minimum absolute atomic E-state index is 0.0590. The lowest BCUT2D eigenvalue weighted by molar-refractivity contribution is -0.385. The number of methoxy groups -OCH3 is 1. The van der Waals surface area contributed by atoms with E-state index >= 15 is 0 Å². The lowest BCUT2D eigenvalue weighted by Gasteiger charge is -2.23. The molecule has 6 nitrogen and oxygen atoms in total. The number of benzene rings is 1. The fourth-order valence-corrected chi connectivity index (χ4v) is 1.84. The first-order chi connectivity index (χ1) is 8.99. The van der Waals surface area contributed by atoms with Crippen molar-refractivity contribution < 1.29 is 14.8 Å². The number of rotatable bonds is 7. The highest BCUT2D eigenvalue weighted by molar-refractivity contribution is 5.58. The predicted octanol–water partition coefficient (Wildman–Crippen LogP) is 2.42. The van der Waals surface area contributed by atoms with E-state index in [4.69, 9.17) is 9.84 Å². The van der Waals surface area contributed by atoms with Gasteiger partial charge < -0.3 is 15.2 Å². The first-order valence-corrected chi connectivity index (χ1v) is 6.19. The van der Waals surface area contributed by atoms with Crippen LogP contribution in [0, 0.1) is 16.0 Å². The second-order valence-corrected chi connectivity index (χ2v) is 4.65. The molecule has 0 aliphatic carbocycles. The van der Waals surface area contributed by atoms with E-state index in [-0.39, 0.29) is 24.1 Å². The van der Waals surface area contributed by atoms with Gasteiger partial charge in [-0.15, -0.1) is 0 Å². The summed E-state index contributed by atoms with van der Waals surface area (Å²) in [5, 5.41) is 23.1. The molecule has 0 amide bonds. The van der Waals surface area contributed by atoms with Crippen molar-refractivity contribution in [1.82, 2.24) is 0 Å². The average molecular weight is 268 g/mol. The Morgan fingerprint density at radius 1 is 1.47 bits per heavy atom. The molecule has 2 N–H and O–H groups in total. The van der Waals surface area contributed by atoms with Gasteiger partial charge in [-0.05, 0) is 18.4 Å². The topological polar surface area (TPSA) is 84.6 Å². The molecule has 0 bridgehead atoms. The number of aliphatic hydroxyl groups excluding tert-OH is 1. The van der Waals surface area contributed by atoms with Gasteiger partial charge >= 0.3 is 5.69 Å². The van der Waals surface area contributed by atoms with Gasteiger partial charge in [-0.2, -0.15) is 0 Å². The summed E-state index contributed by atoms with van der Waals surface area (Å²) in [6.45, 7) is 4.20. The van der Waals surface area contributed by atoms with Crippen molar-refractivity contribution in [3.63, 3.8) is 0 Å². The lowest BCUT2D eigenvalue weighted by atomic mass is 10.0. The highest BCUT2D eigenvalue weighted by atomic mass is 16.6. The Labute approximate surface area is 112 Å². The summed E-state index contributed by atoms with van der Waals surface area (Å²) in [7, 11) is 1.40. The maximum Gasteiger partial charge on any atom is 0.311 e. The molecule has 0 saturated carbocycles. The summed E-state index contributed by atoms with van der Waals surface area (Å²) in [6.07, 6.45) is 0.622. The number of nitrogens with one attached hydrogen (secondary N) is 1. The Balaban J connectivity index is 2.92. The van der Waals surface area contributed by atoms with Crippen LogP contribution >= 0.6 is 0 Å². The molecule has 106 valence electrons. The van der Waals surface area contributed by atoms with Crippen molar-refractivity contribution in [3.8, 4) is 5.75 Å². The third-order valence-corrected chi connectivity index (χ3v) is 2.97. The Morgan fingerprint density at radius 3 is 2.63 bits per heavy atom. The zero-order valence-corrected chi connectivity index (χ0v) is 11.4. The summed E-state index contributed by atoms with van der Waals surface area (Å²) in [4.78, 5) is 10.3. The highest BCUT2D eigenvalue weighted by Crippen LogP contribution is 2.30. The van der Waals surface area contributed by atoms with Gasteiger partial charge in [-0.3, -0.25) is 10.1 Å². The summed E-state index contributed by atoms with van der Waals surface area (Å²) >= 11 is 0. The molecule has 0 aliphatic heterocycles. The molecule has 0 aliphatic rings. The van der Waals surface area contributed by atoms with Crippen molar-refractivity contribution in [2.24, 2.45) is 5.92 Å². The van der Waals surface area contributed by atoms with Crippen LogP contribution in [0.4, 0.5) is 11.4 Å². The van der Waals surface area contributed by atoms with E-state index in [1.54, 1.807) is 12.1 Å². The maximum absolute atomic E-state index is 10.8. The summed E-state index contributed by atoms with van der Waals surface area (Å²) in [5.41, 5.74) is 0.686. The summed E-state index contributed by atoms with van der Waals surface area (Å²) in [6, 6.07) is 4.77. The molecule has 1 rings (SSSR count). The molecular formula is C13H20N2O4. The quantitative estimate of drug-likeness (QED) is 0.586. The largest absolute Gasteiger partial charge is 0.490 e. The molecule has 6 heteroatoms. The van der Waals surface area contributed by atoms with Gasteiger partial charge in [0.25, 0.3) is 0 Å². The van der Waals surface area contributed by atoms with Crippen LogP contribution in [0.15, 0.2) is 18.2 Å². The van der Waals surface area contributed by atoms with Crippen LogP contribution in [0.3, 0.4) is 0 Å². The van der Waals surface area contributed by atoms with Crippen LogP contribution < -0.4 is 10.1 Å². The first-order valence-electron chi connectivity index (χ1n) is 6.19. The normalized spacial score (nSPS) is 12.3. The van der Waals surface area contributed by atoms with Crippen molar-refractivity contribution in [2.45, 2.75) is 26.3 Å². The number of hydrogen-bond acceptors (Lipinski definition) is 5. The molecule has 1 aromatic carbocycles. The van der Waals surface area contributed by atoms with E-state index < -0.39 is 4.92 Å². The number of ether oxygens (including phenoxy) is 1. The van der Waals surface area contributed by atoms with Crippen LogP contribution in [0.25, 0.3) is 0 Å². The predicted molar refractivity (Wildman–Crippen MR) is 73.6 cm³/mol. The fourth-order valence-electron chi connectivity index (χ4n) is 1.84. The van der Waals surface area contributed by atoms with Gasteiger partial charge in [0, 0.05) is 30.5 Å². The molecular weight excluding hydrogens is 248 g/mol. The Hall–Kier alpha value is -1.82. The summed E-state index contributed by atoms with van der Waals surface area (Å²) < 4.78 is 5.02. The van der Waals surface area contributed by atoms with Gasteiger partial charge in [-0.25, -0.2) is 0 Å². The van der Waals surface area contributed by atoms with Gasteiger partial charge in [0.2, 0.25) is 0 Å². The van der Waals surface area contributed by atoms with E-state index in [0.29, 0.717) is 12.3 Å². The number of anilines is 1. The molecule has 0 fully saturated rings. The van der Waals surface area contributed by atoms with Gasteiger partial charge in [0.15, 0.2) is 5.75 Å². The van der Waals surface area contributed by atoms with E-state index in [1.807, 2.05) is 0 Å². The molecule has 0 saturated heterocycles. The third kappa shape index (κ3) is 4.10. The van der Waals surface area contributed by atoms with Gasteiger partial charge in [0.05, 0.1) is 12.0 Å². The monoisotopic (exact) mass is 268 g/mol. The van der Waals surface area contributed by atoms with Crippen molar-refractivity contribution in [2.75, 3.05) is 19.0 Å². The average Bonchev–Trinajstić information content (AvgIpc) is 2.37. The summed E-state index contributed by atoms with van der Waals surface area (Å²) in [5.74, 6) is 0.565. The molecule has 19 heavy (non-hydrogen) atoms. The lowest BCUT2D eigenvalue weighted by Crippen LogP contribution is -2.26. The fraction of sp³-hybridized carbons (Fsp3) is 0.538. The van der Waals surface area contributed by atoms with Gasteiger partial charge in [-0.1, -0.05) is 13.8 Å². The van der Waals surface area contributed by atoms with Gasteiger partial charge in [0.1, 0.15) is 0 Å². The van der Waals surface area contributed by atoms with E-state index in [2.05, 4.69) is 19.2 Å². The number of hydrogen-bond donors (Lipinski definition) is 2. The zero-order chi connectivity index (χ0) is 14.4. The smallest absolute Gasteiger partial charge is 0.311 e. The Morgan fingerprint density at radius 2 is 2.16 bits per heavy atom. The van der Waals surface area contributed by atoms with E-state index in [0.717, 1.165) is 5.69 Å². The van der Waals surface area contributed by atoms with Crippen molar-refractivity contribution in [1.29, 1.82) is 0 Å². The molecule has 0 spiro atoms. The number of nitrogens with zero attached hydrogens (tertiary/aromatic N) is 1. The molecule has 1 unspecified atom stereocenters. The Bertz CT molecular complexity index is 435. The standard InChI is InChI=1S/C13H20N2O4/c1-9(2)11(6-7-16)14-10-4-5-12(15(17)18)13(8-10)19-3/h4-5,8-9,11,14,16H,6-7H2,1-3H3. The minimum atomic E-state index is -0.476. The SMILES string of the molecule is COc1cc(NC(CCO)C(C)C)ccc1[N+](=O)[O-]. The van der Waals surface area contributed by atoms with Crippen molar-refractivity contribution in [3.05, 3.63) is 28.3 Å². The first kappa shape index (κ1) is 15.2. The van der Waals surface area contributed by atoms with Crippen LogP contribution in [0.2, 0.25) is 0 Å². The second-order valence-electron chi connectivity index (χ2n) is 4.65. The molecule has 0 radical (unpaired) electrons. The molecule has 0 aromatic heterocycles. The van der Waals surface area contributed by atoms with Crippen LogP contribution in [0.1, 0.15) is 20.3 Å². The Kier molecular flexibility index (Phi) is 5.57. The number of nitro groups is 1. The van der Waals surface area contributed by atoms with Crippen LogP contribution in [-0.2, 0) is 0 Å². The van der Waals surface area contributed by atoms with Crippen LogP contribution in [0.5, 0.6) is 5.75 Å². The van der Waals surface area contributed by atoms with Crippen molar-refractivity contribution >= 4 is 11.4 Å².